The van der Waals surface area contributed by atoms with E-state index in [0.717, 1.165) is 6.54 Å². The van der Waals surface area contributed by atoms with Crippen LogP contribution >= 0.6 is 11.3 Å². The molecule has 2 heterocycles. The van der Waals surface area contributed by atoms with Gasteiger partial charge in [-0.05, 0) is 31.2 Å². The molecule has 0 aromatic carbocycles. The van der Waals surface area contributed by atoms with Crippen molar-refractivity contribution < 1.29 is 4.79 Å². The van der Waals surface area contributed by atoms with Crippen LogP contribution in [-0.4, -0.2) is 28.7 Å². The molecule has 86 valence electrons. The van der Waals surface area contributed by atoms with Crippen LogP contribution in [0.15, 0.2) is 5.51 Å². The minimum Gasteiger partial charge on any atom is -0.305 e. The highest BCUT2D eigenvalue weighted by Crippen LogP contribution is 2.37. The van der Waals surface area contributed by atoms with E-state index in [1.165, 1.54) is 30.6 Å². The number of nitrogens with zero attached hydrogens (tertiary/aromatic N) is 2. The number of fused-ring (bicyclic) bond motifs is 1. The van der Waals surface area contributed by atoms with Crippen molar-refractivity contribution in [2.24, 2.45) is 11.8 Å². The molecule has 1 aromatic heterocycles. The quantitative estimate of drug-likeness (QED) is 0.802. The van der Waals surface area contributed by atoms with Crippen LogP contribution in [0.3, 0.4) is 0 Å². The van der Waals surface area contributed by atoms with Crippen LogP contribution in [-0.2, 0) is 4.79 Å². The molecule has 3 rings (SSSR count). The Bertz CT molecular complexity index is 380. The predicted molar refractivity (Wildman–Crippen MR) is 61.2 cm³/mol. The van der Waals surface area contributed by atoms with Gasteiger partial charge in [-0.1, -0.05) is 17.8 Å². The van der Waals surface area contributed by atoms with E-state index in [0.29, 0.717) is 17.0 Å². The average molecular weight is 238 g/mol. The van der Waals surface area contributed by atoms with Crippen LogP contribution in [0.4, 0.5) is 5.13 Å². The molecule has 0 radical (unpaired) electrons. The first-order valence-electron chi connectivity index (χ1n) is 5.65. The lowest BCUT2D eigenvalue weighted by atomic mass is 9.94. The Morgan fingerprint density at radius 2 is 2.50 bits per heavy atom. The van der Waals surface area contributed by atoms with E-state index < -0.39 is 0 Å². The fourth-order valence-electron chi connectivity index (χ4n) is 2.89. The lowest BCUT2D eigenvalue weighted by molar-refractivity contribution is -0.118. The van der Waals surface area contributed by atoms with Gasteiger partial charge in [0.15, 0.2) is 0 Å². The summed E-state index contributed by atoms with van der Waals surface area (Å²) in [5.74, 6) is 1.27. The lowest BCUT2D eigenvalue weighted by Crippen LogP contribution is -2.39. The third-order valence-electron chi connectivity index (χ3n) is 3.62. The van der Waals surface area contributed by atoms with Crippen molar-refractivity contribution in [2.45, 2.75) is 25.3 Å². The lowest BCUT2D eigenvalue weighted by Gasteiger charge is -2.16. The van der Waals surface area contributed by atoms with E-state index >= 15 is 0 Å². The van der Waals surface area contributed by atoms with Gasteiger partial charge in [-0.25, -0.2) is 0 Å². The van der Waals surface area contributed by atoms with Crippen molar-refractivity contribution in [1.29, 1.82) is 0 Å². The number of nitrogens with one attached hydrogen (secondary N) is 2. The van der Waals surface area contributed by atoms with Gasteiger partial charge in [0.25, 0.3) is 0 Å². The molecule has 1 saturated carbocycles. The van der Waals surface area contributed by atoms with Gasteiger partial charge in [-0.2, -0.15) is 0 Å². The molecule has 1 saturated heterocycles. The SMILES string of the molecule is O=C(Nc1nncs1)C1NCC2CCCC21. The van der Waals surface area contributed by atoms with Gasteiger partial charge in [0, 0.05) is 0 Å². The monoisotopic (exact) mass is 238 g/mol. The Morgan fingerprint density at radius 1 is 1.56 bits per heavy atom. The fourth-order valence-corrected chi connectivity index (χ4v) is 3.33. The van der Waals surface area contributed by atoms with E-state index in [1.54, 1.807) is 5.51 Å². The molecule has 2 fully saturated rings. The van der Waals surface area contributed by atoms with E-state index in [2.05, 4.69) is 20.8 Å². The van der Waals surface area contributed by atoms with Gasteiger partial charge < -0.3 is 5.32 Å². The number of anilines is 1. The fraction of sp³-hybridized carbons (Fsp3) is 0.700. The van der Waals surface area contributed by atoms with E-state index in [-0.39, 0.29) is 11.9 Å². The highest BCUT2D eigenvalue weighted by atomic mass is 32.1. The van der Waals surface area contributed by atoms with Crippen molar-refractivity contribution >= 4 is 22.4 Å². The minimum atomic E-state index is -0.0311. The van der Waals surface area contributed by atoms with E-state index in [4.69, 9.17) is 0 Å². The second-order valence-corrected chi connectivity index (χ2v) is 5.31. The third kappa shape index (κ3) is 1.72. The number of carbonyl (C=O) groups is 1. The van der Waals surface area contributed by atoms with Crippen molar-refractivity contribution in [2.75, 3.05) is 11.9 Å². The maximum absolute atomic E-state index is 12.0. The molecule has 1 aliphatic carbocycles. The van der Waals surface area contributed by atoms with E-state index in [1.807, 2.05) is 0 Å². The summed E-state index contributed by atoms with van der Waals surface area (Å²) in [6.07, 6.45) is 3.70. The number of hydrogen-bond donors (Lipinski definition) is 2. The normalized spacial score (nSPS) is 32.6. The predicted octanol–water partition coefficient (Wildman–Crippen LogP) is 0.865. The van der Waals surface area contributed by atoms with Crippen LogP contribution < -0.4 is 10.6 Å². The number of carbonyl (C=O) groups excluding carboxylic acids is 1. The molecule has 0 spiro atoms. The molecule has 5 nitrogen and oxygen atoms in total. The van der Waals surface area contributed by atoms with Crippen molar-refractivity contribution in [3.8, 4) is 0 Å². The van der Waals surface area contributed by atoms with Crippen molar-refractivity contribution in [3.63, 3.8) is 0 Å². The summed E-state index contributed by atoms with van der Waals surface area (Å²) < 4.78 is 0. The maximum atomic E-state index is 12.0. The summed E-state index contributed by atoms with van der Waals surface area (Å²) in [5, 5.41) is 14.2. The Hall–Kier alpha value is -1.01. The molecule has 2 aliphatic rings. The van der Waals surface area contributed by atoms with Crippen LogP contribution in [0.1, 0.15) is 19.3 Å². The van der Waals surface area contributed by atoms with Crippen molar-refractivity contribution in [3.05, 3.63) is 5.51 Å². The number of aromatic nitrogens is 2. The van der Waals surface area contributed by atoms with Gasteiger partial charge in [-0.15, -0.1) is 10.2 Å². The first kappa shape index (κ1) is 10.2. The molecule has 3 unspecified atom stereocenters. The topological polar surface area (TPSA) is 66.9 Å². The number of hydrogen-bond acceptors (Lipinski definition) is 5. The maximum Gasteiger partial charge on any atom is 0.243 e. The van der Waals surface area contributed by atoms with Crippen LogP contribution in [0.25, 0.3) is 0 Å². The third-order valence-corrected chi connectivity index (χ3v) is 4.23. The minimum absolute atomic E-state index is 0.0311. The second kappa shape index (κ2) is 4.10. The van der Waals surface area contributed by atoms with Gasteiger partial charge >= 0.3 is 0 Å². The van der Waals surface area contributed by atoms with Crippen LogP contribution in [0.5, 0.6) is 0 Å². The van der Waals surface area contributed by atoms with E-state index in [9.17, 15) is 4.79 Å². The Morgan fingerprint density at radius 3 is 3.31 bits per heavy atom. The Balaban J connectivity index is 1.67. The molecular weight excluding hydrogens is 224 g/mol. The molecule has 1 aromatic rings. The summed E-state index contributed by atoms with van der Waals surface area (Å²) in [6, 6.07) is -0.0311. The zero-order chi connectivity index (χ0) is 11.0. The van der Waals surface area contributed by atoms with Gasteiger partial charge in [0.05, 0.1) is 6.04 Å². The molecule has 1 aliphatic heterocycles. The largest absolute Gasteiger partial charge is 0.305 e. The first-order valence-corrected chi connectivity index (χ1v) is 6.53. The zero-order valence-corrected chi connectivity index (χ0v) is 9.67. The summed E-state index contributed by atoms with van der Waals surface area (Å²) in [6.45, 7) is 0.985. The molecule has 1 amide bonds. The summed E-state index contributed by atoms with van der Waals surface area (Å²) in [7, 11) is 0. The highest BCUT2D eigenvalue weighted by molar-refractivity contribution is 7.13. The Labute approximate surface area is 97.6 Å². The molecule has 16 heavy (non-hydrogen) atoms. The molecule has 0 bridgehead atoms. The van der Waals surface area contributed by atoms with Gasteiger partial charge in [0.2, 0.25) is 11.0 Å². The van der Waals surface area contributed by atoms with Crippen molar-refractivity contribution in [1.82, 2.24) is 15.5 Å². The smallest absolute Gasteiger partial charge is 0.243 e. The second-order valence-electron chi connectivity index (χ2n) is 4.47. The average Bonchev–Trinajstić information content (AvgIpc) is 2.92. The molecular formula is C10H14N4OS. The summed E-state index contributed by atoms with van der Waals surface area (Å²) >= 11 is 1.35. The zero-order valence-electron chi connectivity index (χ0n) is 8.85. The van der Waals surface area contributed by atoms with Gasteiger partial charge in [0.1, 0.15) is 5.51 Å². The number of amides is 1. The van der Waals surface area contributed by atoms with Crippen LogP contribution in [0.2, 0.25) is 0 Å². The number of rotatable bonds is 2. The molecule has 2 N–H and O–H groups in total. The molecule has 3 atom stereocenters. The Kier molecular flexibility index (Phi) is 2.61. The highest BCUT2D eigenvalue weighted by Gasteiger charge is 2.42. The summed E-state index contributed by atoms with van der Waals surface area (Å²) in [5.41, 5.74) is 1.62. The standard InChI is InChI=1S/C10H14N4OS/c15-9(13-10-14-12-5-16-10)8-7-3-1-2-6(7)4-11-8/h5-8,11H,1-4H2,(H,13,14,15). The van der Waals surface area contributed by atoms with Gasteiger partial charge in [-0.3, -0.25) is 10.1 Å². The summed E-state index contributed by atoms with van der Waals surface area (Å²) in [4.78, 5) is 12.0. The first-order chi connectivity index (χ1) is 7.84. The molecule has 6 heteroatoms. The van der Waals surface area contributed by atoms with Crippen LogP contribution in [0, 0.1) is 11.8 Å².